The molecule has 0 radical (unpaired) electrons. The first-order valence-corrected chi connectivity index (χ1v) is 5.53. The lowest BCUT2D eigenvalue weighted by molar-refractivity contribution is 0.538. The second-order valence-corrected chi connectivity index (χ2v) is 4.45. The van der Waals surface area contributed by atoms with Gasteiger partial charge < -0.3 is 5.73 Å². The molecule has 1 nitrogen and oxygen atoms in total. The van der Waals surface area contributed by atoms with Gasteiger partial charge in [0.15, 0.2) is 0 Å². The maximum Gasteiger partial charge on any atom is 0.0595 e. The van der Waals surface area contributed by atoms with E-state index in [1.165, 1.54) is 5.56 Å². The fourth-order valence-electron chi connectivity index (χ4n) is 1.46. The van der Waals surface area contributed by atoms with Gasteiger partial charge in [0.05, 0.1) is 10.0 Å². The Bertz CT molecular complexity index is 299. The SMILES string of the molecule is CC(CCN)Cc1ccc(Cl)c(Cl)c1. The number of rotatable bonds is 4. The third-order valence-electron chi connectivity index (χ3n) is 2.23. The molecule has 1 unspecified atom stereocenters. The zero-order valence-electron chi connectivity index (χ0n) is 8.26. The van der Waals surface area contributed by atoms with Crippen molar-refractivity contribution < 1.29 is 0 Å². The van der Waals surface area contributed by atoms with Crippen LogP contribution in [0.25, 0.3) is 0 Å². The summed E-state index contributed by atoms with van der Waals surface area (Å²) < 4.78 is 0. The van der Waals surface area contributed by atoms with Crippen LogP contribution in [0.3, 0.4) is 0 Å². The first-order chi connectivity index (χ1) is 6.63. The fourth-order valence-corrected chi connectivity index (χ4v) is 1.78. The predicted octanol–water partition coefficient (Wildman–Crippen LogP) is 3.52. The molecule has 1 atom stereocenters. The van der Waals surface area contributed by atoms with Crippen LogP contribution < -0.4 is 5.73 Å². The number of nitrogens with two attached hydrogens (primary N) is 1. The minimum atomic E-state index is 0.595. The summed E-state index contributed by atoms with van der Waals surface area (Å²) in [5, 5.41) is 1.24. The van der Waals surface area contributed by atoms with E-state index in [1.54, 1.807) is 0 Å². The normalized spacial score (nSPS) is 12.9. The molecule has 14 heavy (non-hydrogen) atoms. The van der Waals surface area contributed by atoms with Gasteiger partial charge in [-0.25, -0.2) is 0 Å². The van der Waals surface area contributed by atoms with Crippen LogP contribution in [0, 0.1) is 5.92 Å². The van der Waals surface area contributed by atoms with E-state index in [0.29, 0.717) is 16.0 Å². The molecule has 78 valence electrons. The van der Waals surface area contributed by atoms with E-state index in [9.17, 15) is 0 Å². The molecule has 0 aliphatic rings. The molecule has 1 aromatic carbocycles. The zero-order valence-corrected chi connectivity index (χ0v) is 9.78. The van der Waals surface area contributed by atoms with Crippen LogP contribution >= 0.6 is 23.2 Å². The maximum absolute atomic E-state index is 5.92. The van der Waals surface area contributed by atoms with Gasteiger partial charge in [0.1, 0.15) is 0 Å². The number of halogens is 2. The van der Waals surface area contributed by atoms with E-state index < -0.39 is 0 Å². The Kier molecular flexibility index (Phi) is 4.73. The minimum absolute atomic E-state index is 0.595. The highest BCUT2D eigenvalue weighted by Crippen LogP contribution is 2.24. The number of benzene rings is 1. The molecule has 2 N–H and O–H groups in total. The third kappa shape index (κ3) is 3.49. The van der Waals surface area contributed by atoms with Crippen LogP contribution in [-0.2, 0) is 6.42 Å². The first kappa shape index (κ1) is 11.8. The Labute approximate surface area is 95.2 Å². The molecule has 3 heteroatoms. The number of hydrogen-bond donors (Lipinski definition) is 1. The molecule has 0 aliphatic heterocycles. The highest BCUT2D eigenvalue weighted by molar-refractivity contribution is 6.42. The van der Waals surface area contributed by atoms with Gasteiger partial charge >= 0.3 is 0 Å². The summed E-state index contributed by atoms with van der Waals surface area (Å²) in [6.45, 7) is 2.93. The van der Waals surface area contributed by atoms with E-state index in [0.717, 1.165) is 19.4 Å². The predicted molar refractivity (Wildman–Crippen MR) is 63.0 cm³/mol. The largest absolute Gasteiger partial charge is 0.330 e. The molecule has 0 bridgehead atoms. The molecular formula is C11H15Cl2N. The first-order valence-electron chi connectivity index (χ1n) is 4.77. The second-order valence-electron chi connectivity index (χ2n) is 3.64. The van der Waals surface area contributed by atoms with Crippen LogP contribution in [0.5, 0.6) is 0 Å². The van der Waals surface area contributed by atoms with E-state index in [2.05, 4.69) is 6.92 Å². The van der Waals surface area contributed by atoms with Gasteiger partial charge in [-0.2, -0.15) is 0 Å². The van der Waals surface area contributed by atoms with Crippen molar-refractivity contribution in [1.29, 1.82) is 0 Å². The number of hydrogen-bond acceptors (Lipinski definition) is 1. The van der Waals surface area contributed by atoms with E-state index in [1.807, 2.05) is 18.2 Å². The molecule has 0 amide bonds. The molecule has 0 heterocycles. The van der Waals surface area contributed by atoms with Crippen molar-refractivity contribution in [1.82, 2.24) is 0 Å². The standard InChI is InChI=1S/C11H15Cl2N/c1-8(4-5-14)6-9-2-3-10(12)11(13)7-9/h2-3,7-8H,4-6,14H2,1H3. The lowest BCUT2D eigenvalue weighted by Gasteiger charge is -2.10. The van der Waals surface area contributed by atoms with Crippen LogP contribution in [0.15, 0.2) is 18.2 Å². The van der Waals surface area contributed by atoms with Crippen LogP contribution in [0.2, 0.25) is 10.0 Å². The summed E-state index contributed by atoms with van der Waals surface area (Å²) in [7, 11) is 0. The summed E-state index contributed by atoms with van der Waals surface area (Å²) in [5.74, 6) is 0.595. The van der Waals surface area contributed by atoms with Gasteiger partial charge in [-0.05, 0) is 43.0 Å². The quantitative estimate of drug-likeness (QED) is 0.844. The van der Waals surface area contributed by atoms with Gasteiger partial charge in [0.25, 0.3) is 0 Å². The average Bonchev–Trinajstić information content (AvgIpc) is 2.12. The molecule has 0 saturated carbocycles. The van der Waals surface area contributed by atoms with Crippen molar-refractivity contribution in [2.75, 3.05) is 6.54 Å². The van der Waals surface area contributed by atoms with Gasteiger partial charge in [0.2, 0.25) is 0 Å². The summed E-state index contributed by atoms with van der Waals surface area (Å²) >= 11 is 11.7. The molecule has 0 aliphatic carbocycles. The van der Waals surface area contributed by atoms with Gasteiger partial charge in [-0.3, -0.25) is 0 Å². The summed E-state index contributed by atoms with van der Waals surface area (Å²) in [6.07, 6.45) is 2.05. The van der Waals surface area contributed by atoms with Gasteiger partial charge in [-0.15, -0.1) is 0 Å². The van der Waals surface area contributed by atoms with Gasteiger partial charge in [-0.1, -0.05) is 36.2 Å². The summed E-state index contributed by atoms with van der Waals surface area (Å²) in [5.41, 5.74) is 6.71. The van der Waals surface area contributed by atoms with Gasteiger partial charge in [0, 0.05) is 0 Å². The Morgan fingerprint density at radius 3 is 2.57 bits per heavy atom. The van der Waals surface area contributed by atoms with E-state index >= 15 is 0 Å². The Balaban J connectivity index is 2.63. The minimum Gasteiger partial charge on any atom is -0.330 e. The lowest BCUT2D eigenvalue weighted by Crippen LogP contribution is -2.07. The monoisotopic (exact) mass is 231 g/mol. The van der Waals surface area contributed by atoms with Crippen LogP contribution in [-0.4, -0.2) is 6.54 Å². The van der Waals surface area contributed by atoms with Crippen LogP contribution in [0.1, 0.15) is 18.9 Å². The Hall–Kier alpha value is -0.240. The molecular weight excluding hydrogens is 217 g/mol. The molecule has 1 rings (SSSR count). The van der Waals surface area contributed by atoms with Crippen LogP contribution in [0.4, 0.5) is 0 Å². The molecule has 0 aromatic heterocycles. The fraction of sp³-hybridized carbons (Fsp3) is 0.455. The molecule has 0 spiro atoms. The Morgan fingerprint density at radius 1 is 1.29 bits per heavy atom. The van der Waals surface area contributed by atoms with Crippen molar-refractivity contribution in [2.45, 2.75) is 19.8 Å². The highest BCUT2D eigenvalue weighted by atomic mass is 35.5. The lowest BCUT2D eigenvalue weighted by atomic mass is 9.98. The van der Waals surface area contributed by atoms with Crippen molar-refractivity contribution >= 4 is 23.2 Å². The molecule has 0 saturated heterocycles. The summed E-state index contributed by atoms with van der Waals surface area (Å²) in [6, 6.07) is 5.78. The second kappa shape index (κ2) is 5.59. The Morgan fingerprint density at radius 2 is 2.00 bits per heavy atom. The van der Waals surface area contributed by atoms with Crippen molar-refractivity contribution in [2.24, 2.45) is 11.7 Å². The smallest absolute Gasteiger partial charge is 0.0595 e. The van der Waals surface area contributed by atoms with Crippen molar-refractivity contribution in [3.63, 3.8) is 0 Å². The van der Waals surface area contributed by atoms with E-state index in [-0.39, 0.29) is 0 Å². The van der Waals surface area contributed by atoms with Crippen molar-refractivity contribution in [3.05, 3.63) is 33.8 Å². The molecule has 1 aromatic rings. The van der Waals surface area contributed by atoms with Crippen molar-refractivity contribution in [3.8, 4) is 0 Å². The zero-order chi connectivity index (χ0) is 10.6. The third-order valence-corrected chi connectivity index (χ3v) is 2.97. The average molecular weight is 232 g/mol. The summed E-state index contributed by atoms with van der Waals surface area (Å²) in [4.78, 5) is 0. The van der Waals surface area contributed by atoms with E-state index in [4.69, 9.17) is 28.9 Å². The topological polar surface area (TPSA) is 26.0 Å². The highest BCUT2D eigenvalue weighted by Gasteiger charge is 2.04. The maximum atomic E-state index is 5.92. The molecule has 0 fully saturated rings.